The smallest absolute Gasteiger partial charge is 0.306 e. The maximum absolute atomic E-state index is 11.3. The highest BCUT2D eigenvalue weighted by molar-refractivity contribution is 9.09. The van der Waals surface area contributed by atoms with Gasteiger partial charge < -0.3 is 9.97 Å². The van der Waals surface area contributed by atoms with Crippen molar-refractivity contribution in [1.82, 2.24) is 9.97 Å². The van der Waals surface area contributed by atoms with E-state index in [-0.39, 0.29) is 10.5 Å². The van der Waals surface area contributed by atoms with Gasteiger partial charge in [0.15, 0.2) is 0 Å². The van der Waals surface area contributed by atoms with Crippen LogP contribution in [0, 0.1) is 6.92 Å². The van der Waals surface area contributed by atoms with Gasteiger partial charge in [-0.05, 0) is 47.9 Å². The van der Waals surface area contributed by atoms with Gasteiger partial charge in [-0.15, -0.1) is 0 Å². The molecule has 1 unspecified atom stereocenters. The van der Waals surface area contributed by atoms with Crippen LogP contribution in [-0.4, -0.2) is 9.97 Å². The van der Waals surface area contributed by atoms with Gasteiger partial charge in [0, 0.05) is 5.02 Å². The van der Waals surface area contributed by atoms with Crippen LogP contribution in [0.5, 0.6) is 0 Å². The highest BCUT2D eigenvalue weighted by Gasteiger charge is 2.14. The minimum absolute atomic E-state index is 0.0315. The Kier molecular flexibility index (Phi) is 3.44. The summed E-state index contributed by atoms with van der Waals surface area (Å²) in [6, 6.07) is 11.7. The molecule has 0 bridgehead atoms. The van der Waals surface area contributed by atoms with E-state index in [9.17, 15) is 4.79 Å². The lowest BCUT2D eigenvalue weighted by Gasteiger charge is -2.14. The summed E-state index contributed by atoms with van der Waals surface area (Å²) in [5, 5.41) is 0.714. The van der Waals surface area contributed by atoms with Gasteiger partial charge in [-0.25, -0.2) is 4.79 Å². The van der Waals surface area contributed by atoms with Gasteiger partial charge in [-0.3, -0.25) is 0 Å². The van der Waals surface area contributed by atoms with E-state index >= 15 is 0 Å². The lowest BCUT2D eigenvalue weighted by molar-refractivity contribution is 1.15. The summed E-state index contributed by atoms with van der Waals surface area (Å²) in [5.41, 5.74) is 4.77. The number of hydrogen-bond donors (Lipinski definition) is 2. The van der Waals surface area contributed by atoms with E-state index in [0.29, 0.717) is 5.02 Å². The first-order valence-corrected chi connectivity index (χ1v) is 7.46. The number of nitrogens with one attached hydrogen (secondary N) is 2. The first-order valence-electron chi connectivity index (χ1n) is 6.16. The molecule has 0 amide bonds. The van der Waals surface area contributed by atoms with Crippen molar-refractivity contribution < 1.29 is 0 Å². The Morgan fingerprint density at radius 1 is 1.10 bits per heavy atom. The minimum Gasteiger partial charge on any atom is -0.306 e. The number of aryl methyl sites for hydroxylation is 1. The van der Waals surface area contributed by atoms with E-state index in [4.69, 9.17) is 11.6 Å². The first kappa shape index (κ1) is 13.5. The summed E-state index contributed by atoms with van der Waals surface area (Å²) < 4.78 is 0. The van der Waals surface area contributed by atoms with Crippen LogP contribution >= 0.6 is 27.5 Å². The summed E-state index contributed by atoms with van der Waals surface area (Å²) in [6.45, 7) is 2.05. The third-order valence-corrected chi connectivity index (χ3v) is 4.60. The molecule has 1 aromatic heterocycles. The fourth-order valence-electron chi connectivity index (χ4n) is 2.27. The molecule has 3 aromatic rings. The van der Waals surface area contributed by atoms with Crippen molar-refractivity contribution >= 4 is 38.6 Å². The number of H-pyrrole nitrogens is 2. The van der Waals surface area contributed by atoms with Gasteiger partial charge in [-0.2, -0.15) is 0 Å². The zero-order valence-electron chi connectivity index (χ0n) is 10.7. The van der Waals surface area contributed by atoms with Crippen molar-refractivity contribution in [2.75, 3.05) is 0 Å². The monoisotopic (exact) mass is 350 g/mol. The van der Waals surface area contributed by atoms with Crippen molar-refractivity contribution in [2.24, 2.45) is 0 Å². The molecule has 0 fully saturated rings. The second kappa shape index (κ2) is 5.11. The SMILES string of the molecule is Cc1ccc(Cl)cc1C(Br)c1ccc2[nH]c(=O)[nH]c2c1. The van der Waals surface area contributed by atoms with Gasteiger partial charge in [0.05, 0.1) is 15.9 Å². The molecule has 0 spiro atoms. The Hall–Kier alpha value is -1.52. The maximum Gasteiger partial charge on any atom is 0.323 e. The van der Waals surface area contributed by atoms with Crippen LogP contribution in [0.25, 0.3) is 11.0 Å². The lowest BCUT2D eigenvalue weighted by Crippen LogP contribution is -1.99. The van der Waals surface area contributed by atoms with E-state index in [1.807, 2.05) is 36.4 Å². The molecular weight excluding hydrogens is 340 g/mol. The van der Waals surface area contributed by atoms with E-state index in [1.165, 1.54) is 5.56 Å². The zero-order chi connectivity index (χ0) is 14.3. The molecule has 1 atom stereocenters. The summed E-state index contributed by atoms with van der Waals surface area (Å²) in [5.74, 6) is 0. The molecule has 0 aliphatic heterocycles. The lowest BCUT2D eigenvalue weighted by atomic mass is 10.0. The Bertz CT molecular complexity index is 837. The van der Waals surface area contributed by atoms with Crippen molar-refractivity contribution in [2.45, 2.75) is 11.8 Å². The summed E-state index contributed by atoms with van der Waals surface area (Å²) in [6.07, 6.45) is 0. The molecule has 0 aliphatic rings. The molecule has 20 heavy (non-hydrogen) atoms. The van der Waals surface area contributed by atoms with Gasteiger partial charge in [0.25, 0.3) is 0 Å². The van der Waals surface area contributed by atoms with Crippen LogP contribution in [0.4, 0.5) is 0 Å². The normalized spacial score (nSPS) is 12.8. The molecule has 0 radical (unpaired) electrons. The second-order valence-corrected chi connectivity index (χ2v) is 6.10. The maximum atomic E-state index is 11.3. The molecule has 0 aliphatic carbocycles. The molecular formula is C15H12BrClN2O. The largest absolute Gasteiger partial charge is 0.323 e. The van der Waals surface area contributed by atoms with Crippen LogP contribution in [0.15, 0.2) is 41.2 Å². The Labute approximate surface area is 129 Å². The van der Waals surface area contributed by atoms with E-state index in [2.05, 4.69) is 32.8 Å². The fraction of sp³-hybridized carbons (Fsp3) is 0.133. The molecule has 5 heteroatoms. The molecule has 102 valence electrons. The molecule has 0 saturated heterocycles. The molecule has 1 heterocycles. The van der Waals surface area contributed by atoms with Crippen LogP contribution < -0.4 is 5.69 Å². The number of fused-ring (bicyclic) bond motifs is 1. The van der Waals surface area contributed by atoms with Crippen LogP contribution in [-0.2, 0) is 0 Å². The Balaban J connectivity index is 2.09. The van der Waals surface area contributed by atoms with Gasteiger partial charge >= 0.3 is 5.69 Å². The highest BCUT2D eigenvalue weighted by Crippen LogP contribution is 2.34. The number of benzene rings is 2. The fourth-order valence-corrected chi connectivity index (χ4v) is 3.23. The third kappa shape index (κ3) is 2.41. The predicted octanol–water partition coefficient (Wildman–Crippen LogP) is 4.30. The van der Waals surface area contributed by atoms with Crippen molar-refractivity contribution in [3.05, 3.63) is 68.6 Å². The molecule has 2 N–H and O–H groups in total. The summed E-state index contributed by atoms with van der Waals surface area (Å²) in [7, 11) is 0. The molecule has 2 aromatic carbocycles. The summed E-state index contributed by atoms with van der Waals surface area (Å²) in [4.78, 5) is 16.8. The number of hydrogen-bond acceptors (Lipinski definition) is 1. The van der Waals surface area contributed by atoms with Crippen LogP contribution in [0.2, 0.25) is 5.02 Å². The van der Waals surface area contributed by atoms with Crippen molar-refractivity contribution in [3.63, 3.8) is 0 Å². The number of imidazole rings is 1. The van der Waals surface area contributed by atoms with Gasteiger partial charge in [0.1, 0.15) is 0 Å². The zero-order valence-corrected chi connectivity index (χ0v) is 13.0. The first-order chi connectivity index (χ1) is 9.54. The van der Waals surface area contributed by atoms with E-state index in [0.717, 1.165) is 22.2 Å². The third-order valence-electron chi connectivity index (χ3n) is 3.35. The van der Waals surface area contributed by atoms with E-state index < -0.39 is 0 Å². The number of aromatic nitrogens is 2. The number of halogens is 2. The topological polar surface area (TPSA) is 48.6 Å². The molecule has 3 nitrogen and oxygen atoms in total. The number of rotatable bonds is 2. The Morgan fingerprint density at radius 2 is 1.85 bits per heavy atom. The quantitative estimate of drug-likeness (QED) is 0.664. The van der Waals surface area contributed by atoms with Crippen LogP contribution in [0.1, 0.15) is 21.5 Å². The van der Waals surface area contributed by atoms with Gasteiger partial charge in [-0.1, -0.05) is 39.7 Å². The second-order valence-electron chi connectivity index (χ2n) is 4.75. The number of alkyl halides is 1. The van der Waals surface area contributed by atoms with E-state index in [1.54, 1.807) is 0 Å². The van der Waals surface area contributed by atoms with Gasteiger partial charge in [0.2, 0.25) is 0 Å². The van der Waals surface area contributed by atoms with Crippen molar-refractivity contribution in [1.29, 1.82) is 0 Å². The predicted molar refractivity (Wildman–Crippen MR) is 85.9 cm³/mol. The molecule has 3 rings (SSSR count). The standard InChI is InChI=1S/C15H12BrClN2O/c1-8-2-4-10(17)7-11(8)14(16)9-3-5-12-13(6-9)19-15(20)18-12/h2-7,14H,1H3,(H2,18,19,20). The van der Waals surface area contributed by atoms with Crippen LogP contribution in [0.3, 0.4) is 0 Å². The number of aromatic amines is 2. The average molecular weight is 352 g/mol. The minimum atomic E-state index is -0.192. The highest BCUT2D eigenvalue weighted by atomic mass is 79.9. The molecule has 0 saturated carbocycles. The van der Waals surface area contributed by atoms with Crippen molar-refractivity contribution in [3.8, 4) is 0 Å². The summed E-state index contributed by atoms with van der Waals surface area (Å²) >= 11 is 9.78. The average Bonchev–Trinajstić information content (AvgIpc) is 2.79. The Morgan fingerprint density at radius 3 is 2.65 bits per heavy atom.